The van der Waals surface area contributed by atoms with Gasteiger partial charge < -0.3 is 0 Å². The maximum Gasteiger partial charge on any atom is 0.277 e. The first-order valence-corrected chi connectivity index (χ1v) is 7.21. The summed E-state index contributed by atoms with van der Waals surface area (Å²) >= 11 is 0. The van der Waals surface area contributed by atoms with E-state index in [1.807, 2.05) is 0 Å². The Bertz CT molecular complexity index is 466. The average Bonchev–Trinajstić information content (AvgIpc) is 2.27. The fourth-order valence-electron chi connectivity index (χ4n) is 0.813. The van der Waals surface area contributed by atoms with Crippen LogP contribution in [0.25, 0.3) is 0 Å². The minimum atomic E-state index is -4.02. The van der Waals surface area contributed by atoms with E-state index >= 15 is 0 Å². The molecule has 0 spiro atoms. The Morgan fingerprint density at radius 2 is 1.85 bits per heavy atom. The molecule has 1 heterocycles. The molecule has 0 N–H and O–H groups in total. The van der Waals surface area contributed by atoms with E-state index in [2.05, 4.69) is 0 Å². The summed E-state index contributed by atoms with van der Waals surface area (Å²) < 4.78 is 44.3. The van der Waals surface area contributed by atoms with Gasteiger partial charge in [-0.25, -0.2) is 20.8 Å². The van der Waals surface area contributed by atoms with Crippen LogP contribution < -0.4 is 0 Å². The molecule has 0 aliphatic rings. The minimum absolute atomic E-state index is 0.448. The van der Waals surface area contributed by atoms with Gasteiger partial charge in [-0.15, -0.1) is 0 Å². The van der Waals surface area contributed by atoms with Gasteiger partial charge in [0.2, 0.25) is 10.0 Å². The molecule has 8 heteroatoms. The lowest BCUT2D eigenvalue weighted by molar-refractivity contribution is 0.581. The summed E-state index contributed by atoms with van der Waals surface area (Å²) in [4.78, 5) is 0. The Balaban J connectivity index is 3.54. The van der Waals surface area contributed by atoms with E-state index in [-0.39, 0.29) is 0 Å². The van der Waals surface area contributed by atoms with Crippen LogP contribution in [0.2, 0.25) is 0 Å². The molecule has 1 aromatic heterocycles. The van der Waals surface area contributed by atoms with Crippen molar-refractivity contribution in [3.05, 3.63) is 18.3 Å². The summed E-state index contributed by atoms with van der Waals surface area (Å²) in [6, 6.07) is 2.40. The molecule has 0 aromatic carbocycles. The molecule has 0 fully saturated rings. The Hall–Kier alpha value is -0.530. The lowest BCUT2D eigenvalue weighted by atomic mass is 10.7. The lowest BCUT2D eigenvalue weighted by Crippen LogP contribution is -2.13. The largest absolute Gasteiger partial charge is 0.277 e. The van der Waals surface area contributed by atoms with Crippen molar-refractivity contribution in [3.8, 4) is 0 Å². The minimum Gasteiger partial charge on any atom is -0.234 e. The Labute approximate surface area is 80.4 Å². The molecular formula is C5H6ClNO4S2. The van der Waals surface area contributed by atoms with Crippen LogP contribution in [0.5, 0.6) is 0 Å². The number of halogens is 1. The number of nitrogens with zero attached hydrogens (tertiary/aromatic N) is 1. The molecule has 5 nitrogen and oxygen atoms in total. The van der Waals surface area contributed by atoms with Gasteiger partial charge in [0.1, 0.15) is 0 Å². The third kappa shape index (κ3) is 2.23. The fraction of sp³-hybridized carbons (Fsp3) is 0.200. The SMILES string of the molecule is CS(=O)(=O)n1cccc1S(=O)(=O)Cl. The highest BCUT2D eigenvalue weighted by atomic mass is 35.7. The number of hydrogen-bond donors (Lipinski definition) is 0. The van der Waals surface area contributed by atoms with E-state index in [0.717, 1.165) is 18.5 Å². The van der Waals surface area contributed by atoms with E-state index in [1.165, 1.54) is 6.07 Å². The number of aromatic nitrogens is 1. The molecule has 0 radical (unpaired) electrons. The van der Waals surface area contributed by atoms with Gasteiger partial charge in [-0.3, -0.25) is 0 Å². The molecule has 0 unspecified atom stereocenters. The zero-order valence-corrected chi connectivity index (χ0v) is 8.90. The summed E-state index contributed by atoms with van der Waals surface area (Å²) in [7, 11) is -2.64. The molecule has 0 saturated heterocycles. The summed E-state index contributed by atoms with van der Waals surface area (Å²) in [5.41, 5.74) is 0. The second-order valence-corrected chi connectivity index (χ2v) is 6.72. The standard InChI is InChI=1S/C5H6ClNO4S2/c1-12(8,9)7-4-2-3-5(7)13(6,10)11/h2-4H,1H3. The molecular weight excluding hydrogens is 238 g/mol. The van der Waals surface area contributed by atoms with Crippen LogP contribution in [0.1, 0.15) is 0 Å². The highest BCUT2D eigenvalue weighted by molar-refractivity contribution is 8.14. The first-order valence-electron chi connectivity index (χ1n) is 3.05. The van der Waals surface area contributed by atoms with E-state index in [9.17, 15) is 16.8 Å². The molecule has 0 aliphatic heterocycles. The van der Waals surface area contributed by atoms with Crippen LogP contribution in [0.4, 0.5) is 0 Å². The Kier molecular flexibility index (Phi) is 2.44. The van der Waals surface area contributed by atoms with Crippen molar-refractivity contribution >= 4 is 29.8 Å². The second-order valence-electron chi connectivity index (χ2n) is 2.34. The van der Waals surface area contributed by atoms with Crippen LogP contribution in [0.3, 0.4) is 0 Å². The van der Waals surface area contributed by atoms with Crippen molar-refractivity contribution < 1.29 is 16.8 Å². The van der Waals surface area contributed by atoms with E-state index < -0.39 is 24.1 Å². The van der Waals surface area contributed by atoms with Crippen LogP contribution in [-0.2, 0) is 19.1 Å². The molecule has 0 amide bonds. The van der Waals surface area contributed by atoms with Gasteiger partial charge in [0.15, 0.2) is 5.03 Å². The van der Waals surface area contributed by atoms with Gasteiger partial charge in [0.25, 0.3) is 9.05 Å². The van der Waals surface area contributed by atoms with Gasteiger partial charge in [0.05, 0.1) is 6.26 Å². The quantitative estimate of drug-likeness (QED) is 0.697. The van der Waals surface area contributed by atoms with Crippen molar-refractivity contribution in [1.29, 1.82) is 0 Å². The first kappa shape index (κ1) is 10.6. The smallest absolute Gasteiger partial charge is 0.234 e. The highest BCUT2D eigenvalue weighted by Gasteiger charge is 2.19. The maximum absolute atomic E-state index is 11.0. The molecule has 1 aromatic rings. The van der Waals surface area contributed by atoms with Gasteiger partial charge in [-0.05, 0) is 12.1 Å². The van der Waals surface area contributed by atoms with E-state index in [0.29, 0.717) is 3.97 Å². The zero-order chi connectivity index (χ0) is 10.3. The van der Waals surface area contributed by atoms with Gasteiger partial charge >= 0.3 is 0 Å². The Morgan fingerprint density at radius 1 is 1.31 bits per heavy atom. The van der Waals surface area contributed by atoms with Crippen LogP contribution >= 0.6 is 10.7 Å². The van der Waals surface area contributed by atoms with Crippen molar-refractivity contribution in [1.82, 2.24) is 3.97 Å². The predicted molar refractivity (Wildman–Crippen MR) is 47.7 cm³/mol. The summed E-state index contributed by atoms with van der Waals surface area (Å²) in [6.07, 6.45) is 2.00. The molecule has 0 saturated carbocycles. The molecule has 1 rings (SSSR count). The topological polar surface area (TPSA) is 73.2 Å². The Morgan fingerprint density at radius 3 is 2.15 bits per heavy atom. The van der Waals surface area contributed by atoms with Crippen molar-refractivity contribution in [2.24, 2.45) is 0 Å². The van der Waals surface area contributed by atoms with Crippen LogP contribution in [0, 0.1) is 0 Å². The molecule has 0 aliphatic carbocycles. The van der Waals surface area contributed by atoms with Crippen molar-refractivity contribution in [3.63, 3.8) is 0 Å². The summed E-state index contributed by atoms with van der Waals surface area (Å²) in [6.45, 7) is 0. The normalized spacial score (nSPS) is 13.1. The zero-order valence-electron chi connectivity index (χ0n) is 6.51. The molecule has 0 atom stereocenters. The first-order chi connectivity index (χ1) is 5.73. The average molecular weight is 244 g/mol. The third-order valence-corrected chi connectivity index (χ3v) is 3.74. The summed E-state index contributed by atoms with van der Waals surface area (Å²) in [5.74, 6) is 0. The number of hydrogen-bond acceptors (Lipinski definition) is 4. The second kappa shape index (κ2) is 3.00. The van der Waals surface area contributed by atoms with Crippen molar-refractivity contribution in [2.75, 3.05) is 6.26 Å². The van der Waals surface area contributed by atoms with Crippen LogP contribution in [-0.4, -0.2) is 27.1 Å². The van der Waals surface area contributed by atoms with Gasteiger partial charge in [0, 0.05) is 16.9 Å². The van der Waals surface area contributed by atoms with Crippen LogP contribution in [0.15, 0.2) is 23.4 Å². The maximum atomic E-state index is 11.0. The van der Waals surface area contributed by atoms with E-state index in [1.54, 1.807) is 0 Å². The van der Waals surface area contributed by atoms with Gasteiger partial charge in [-0.2, -0.15) is 0 Å². The molecule has 13 heavy (non-hydrogen) atoms. The molecule has 0 bridgehead atoms. The van der Waals surface area contributed by atoms with E-state index in [4.69, 9.17) is 10.7 Å². The van der Waals surface area contributed by atoms with Crippen molar-refractivity contribution in [2.45, 2.75) is 5.03 Å². The van der Waals surface area contributed by atoms with Gasteiger partial charge in [-0.1, -0.05) is 0 Å². The monoisotopic (exact) mass is 243 g/mol. The third-order valence-electron chi connectivity index (χ3n) is 1.28. The molecule has 74 valence electrons. The number of rotatable bonds is 2. The summed E-state index contributed by atoms with van der Waals surface area (Å²) in [5, 5.41) is -0.448. The fourth-order valence-corrected chi connectivity index (χ4v) is 3.21. The lowest BCUT2D eigenvalue weighted by Gasteiger charge is -2.02. The highest BCUT2D eigenvalue weighted by Crippen LogP contribution is 2.16. The predicted octanol–water partition coefficient (Wildman–Crippen LogP) is 0.223.